The van der Waals surface area contributed by atoms with E-state index in [1.807, 2.05) is 30.1 Å². The van der Waals surface area contributed by atoms with Gasteiger partial charge in [0.15, 0.2) is 5.65 Å². The topological polar surface area (TPSA) is 89.2 Å². The fourth-order valence-corrected chi connectivity index (χ4v) is 4.43. The maximum atomic E-state index is 13.8. The summed E-state index contributed by atoms with van der Waals surface area (Å²) in [5.41, 5.74) is 2.55. The molecule has 0 radical (unpaired) electrons. The molecule has 0 spiro atoms. The van der Waals surface area contributed by atoms with Crippen molar-refractivity contribution in [1.29, 1.82) is 0 Å². The van der Waals surface area contributed by atoms with E-state index in [1.54, 1.807) is 24.5 Å². The number of fused-ring (bicyclic) bond motifs is 1. The zero-order valence-electron chi connectivity index (χ0n) is 20.1. The molecule has 3 N–H and O–H groups in total. The predicted molar refractivity (Wildman–Crippen MR) is 136 cm³/mol. The number of urea groups is 1. The normalized spacial score (nSPS) is 15.1. The van der Waals surface area contributed by atoms with Crippen LogP contribution in [0.25, 0.3) is 22.2 Å². The predicted octanol–water partition coefficient (Wildman–Crippen LogP) is 5.04. The van der Waals surface area contributed by atoms with Crippen molar-refractivity contribution < 1.29 is 18.0 Å². The van der Waals surface area contributed by atoms with Gasteiger partial charge in [0.2, 0.25) is 0 Å². The number of alkyl halides is 3. The Hall–Kier alpha value is -3.96. The molecule has 0 bridgehead atoms. The Kier molecular flexibility index (Phi) is 6.81. The van der Waals surface area contributed by atoms with Crippen LogP contribution >= 0.6 is 0 Å². The van der Waals surface area contributed by atoms with Gasteiger partial charge in [0.25, 0.3) is 0 Å². The minimum atomic E-state index is -4.53. The lowest BCUT2D eigenvalue weighted by Crippen LogP contribution is -2.44. The van der Waals surface area contributed by atoms with Gasteiger partial charge in [0, 0.05) is 55.7 Å². The number of carbonyl (C=O) groups excluding carboxylic acids is 1. The number of pyridine rings is 1. The minimum Gasteiger partial charge on any atom is -0.308 e. The number of benzene rings is 2. The number of carbonyl (C=O) groups is 1. The molecule has 3 heterocycles. The van der Waals surface area contributed by atoms with Crippen molar-refractivity contribution >= 4 is 28.4 Å². The number of H-pyrrole nitrogens is 1. The molecule has 0 unspecified atom stereocenters. The Morgan fingerprint density at radius 3 is 2.43 bits per heavy atom. The van der Waals surface area contributed by atoms with Crippen LogP contribution in [-0.4, -0.2) is 64.2 Å². The summed E-state index contributed by atoms with van der Waals surface area (Å²) >= 11 is 0. The Morgan fingerprint density at radius 1 is 1.00 bits per heavy atom. The Bertz CT molecular complexity index is 1390. The molecule has 37 heavy (non-hydrogen) atoms. The zero-order valence-corrected chi connectivity index (χ0v) is 20.1. The Balaban J connectivity index is 1.26. The van der Waals surface area contributed by atoms with Crippen molar-refractivity contribution in [2.75, 3.05) is 43.9 Å². The molecular weight excluding hydrogens is 483 g/mol. The highest BCUT2D eigenvalue weighted by Crippen LogP contribution is 2.35. The molecule has 5 rings (SSSR count). The number of anilines is 2. The van der Waals surface area contributed by atoms with E-state index in [2.05, 4.69) is 30.7 Å². The second-order valence-electron chi connectivity index (χ2n) is 9.10. The number of nitrogens with one attached hydrogen (secondary N) is 3. The van der Waals surface area contributed by atoms with Gasteiger partial charge in [-0.2, -0.15) is 18.3 Å². The summed E-state index contributed by atoms with van der Waals surface area (Å²) in [4.78, 5) is 20.9. The van der Waals surface area contributed by atoms with Gasteiger partial charge >= 0.3 is 12.2 Å². The first-order chi connectivity index (χ1) is 17.8. The van der Waals surface area contributed by atoms with E-state index in [1.165, 1.54) is 12.1 Å². The molecule has 1 fully saturated rings. The first-order valence-electron chi connectivity index (χ1n) is 11.8. The van der Waals surface area contributed by atoms with Gasteiger partial charge in [-0.1, -0.05) is 18.2 Å². The molecule has 2 aromatic carbocycles. The lowest BCUT2D eigenvalue weighted by Gasteiger charge is -2.33. The van der Waals surface area contributed by atoms with E-state index < -0.39 is 17.8 Å². The van der Waals surface area contributed by atoms with Crippen LogP contribution in [0.3, 0.4) is 0 Å². The summed E-state index contributed by atoms with van der Waals surface area (Å²) in [7, 11) is 2.00. The first kappa shape index (κ1) is 24.7. The van der Waals surface area contributed by atoms with Gasteiger partial charge < -0.3 is 15.5 Å². The lowest BCUT2D eigenvalue weighted by atomic mass is 10.0. The van der Waals surface area contributed by atoms with Gasteiger partial charge in [0.1, 0.15) is 0 Å². The van der Waals surface area contributed by atoms with Crippen LogP contribution in [0.2, 0.25) is 0 Å². The standard InChI is InChI=1S/C26H26F3N7O/c1-35-10-12-36(13-11-35)16-18-4-7-20(14-23(18)26(27,28)29)33-25(37)32-19-5-2-17(3-6-19)21-8-9-30-24-22(21)15-31-34-24/h2-9,14-15H,10-13,16H2,1H3,(H,30,31,34)(H2,32,33,37). The summed E-state index contributed by atoms with van der Waals surface area (Å²) in [6.45, 7) is 3.27. The number of aromatic nitrogens is 3. The number of likely N-dealkylation sites (N-methyl/N-ethyl adjacent to an activating group) is 1. The minimum absolute atomic E-state index is 0.0720. The van der Waals surface area contributed by atoms with E-state index in [9.17, 15) is 18.0 Å². The van der Waals surface area contributed by atoms with Crippen molar-refractivity contribution in [3.63, 3.8) is 0 Å². The van der Waals surface area contributed by atoms with Crippen LogP contribution in [0.1, 0.15) is 11.1 Å². The summed E-state index contributed by atoms with van der Waals surface area (Å²) in [6, 6.07) is 12.3. The van der Waals surface area contributed by atoms with E-state index in [4.69, 9.17) is 0 Å². The number of nitrogens with zero attached hydrogens (tertiary/aromatic N) is 4. The molecule has 4 aromatic rings. The Morgan fingerprint density at radius 2 is 1.70 bits per heavy atom. The molecule has 192 valence electrons. The smallest absolute Gasteiger partial charge is 0.308 e. The van der Waals surface area contributed by atoms with Crippen LogP contribution in [0.5, 0.6) is 0 Å². The van der Waals surface area contributed by atoms with Gasteiger partial charge in [0.05, 0.1) is 11.8 Å². The highest BCUT2D eigenvalue weighted by atomic mass is 19.4. The number of piperazine rings is 1. The van der Waals surface area contributed by atoms with Crippen LogP contribution in [-0.2, 0) is 12.7 Å². The second-order valence-corrected chi connectivity index (χ2v) is 9.10. The highest BCUT2D eigenvalue weighted by molar-refractivity contribution is 6.00. The Labute approximate surface area is 211 Å². The number of aromatic amines is 1. The highest BCUT2D eigenvalue weighted by Gasteiger charge is 2.34. The molecule has 0 atom stereocenters. The third-order valence-corrected chi connectivity index (χ3v) is 6.47. The van der Waals surface area contributed by atoms with Crippen LogP contribution in [0.15, 0.2) is 60.9 Å². The molecule has 1 aliphatic heterocycles. The molecule has 0 saturated carbocycles. The summed E-state index contributed by atoms with van der Waals surface area (Å²) in [5.74, 6) is 0. The number of rotatable bonds is 5. The maximum absolute atomic E-state index is 13.8. The van der Waals surface area contributed by atoms with E-state index in [0.717, 1.165) is 35.7 Å². The van der Waals surface area contributed by atoms with E-state index in [-0.39, 0.29) is 17.8 Å². The van der Waals surface area contributed by atoms with E-state index >= 15 is 0 Å². The van der Waals surface area contributed by atoms with Crippen LogP contribution in [0.4, 0.5) is 29.3 Å². The third-order valence-electron chi connectivity index (χ3n) is 6.47. The maximum Gasteiger partial charge on any atom is 0.416 e. The molecule has 11 heteroatoms. The third kappa shape index (κ3) is 5.73. The lowest BCUT2D eigenvalue weighted by molar-refractivity contribution is -0.138. The average Bonchev–Trinajstić information content (AvgIpc) is 3.35. The molecule has 0 aliphatic carbocycles. The first-order valence-corrected chi connectivity index (χ1v) is 11.8. The fraction of sp³-hybridized carbons (Fsp3) is 0.269. The largest absolute Gasteiger partial charge is 0.416 e. The second kappa shape index (κ2) is 10.2. The molecular formula is C26H26F3N7O. The summed E-state index contributed by atoms with van der Waals surface area (Å²) < 4.78 is 41.5. The number of halogens is 3. The van der Waals surface area contributed by atoms with Crippen molar-refractivity contribution in [2.24, 2.45) is 0 Å². The van der Waals surface area contributed by atoms with Crippen molar-refractivity contribution in [1.82, 2.24) is 25.0 Å². The molecule has 8 nitrogen and oxygen atoms in total. The number of hydrogen-bond acceptors (Lipinski definition) is 5. The van der Waals surface area contributed by atoms with Gasteiger partial charge in [-0.15, -0.1) is 0 Å². The fourth-order valence-electron chi connectivity index (χ4n) is 4.43. The molecule has 1 saturated heterocycles. The summed E-state index contributed by atoms with van der Waals surface area (Å²) in [5, 5.41) is 12.9. The average molecular weight is 510 g/mol. The quantitative estimate of drug-likeness (QED) is 0.351. The number of amides is 2. The SMILES string of the molecule is CN1CCN(Cc2ccc(NC(=O)Nc3ccc(-c4ccnc5[nH]ncc45)cc3)cc2C(F)(F)F)CC1. The summed E-state index contributed by atoms with van der Waals surface area (Å²) in [6.07, 6.45) is -1.15. The van der Waals surface area contributed by atoms with Crippen molar-refractivity contribution in [2.45, 2.75) is 12.7 Å². The van der Waals surface area contributed by atoms with Crippen molar-refractivity contribution in [3.05, 3.63) is 72.1 Å². The van der Waals surface area contributed by atoms with Gasteiger partial charge in [-0.3, -0.25) is 10.00 Å². The van der Waals surface area contributed by atoms with Gasteiger partial charge in [-0.05, 0) is 54.1 Å². The van der Waals surface area contributed by atoms with Crippen LogP contribution < -0.4 is 10.6 Å². The van der Waals surface area contributed by atoms with Gasteiger partial charge in [-0.25, -0.2) is 9.78 Å². The van der Waals surface area contributed by atoms with Crippen LogP contribution in [0, 0.1) is 0 Å². The molecule has 1 aliphatic rings. The number of hydrogen-bond donors (Lipinski definition) is 3. The molecule has 2 aromatic heterocycles. The van der Waals surface area contributed by atoms with E-state index in [0.29, 0.717) is 24.4 Å². The molecule has 2 amide bonds. The monoisotopic (exact) mass is 509 g/mol. The van der Waals surface area contributed by atoms with Crippen molar-refractivity contribution in [3.8, 4) is 11.1 Å². The zero-order chi connectivity index (χ0) is 26.0.